The fourth-order valence-electron chi connectivity index (χ4n) is 2.46. The Morgan fingerprint density at radius 3 is 2.53 bits per heavy atom. The van der Waals surface area contributed by atoms with Crippen molar-refractivity contribution in [3.05, 3.63) is 35.9 Å². The van der Waals surface area contributed by atoms with Crippen molar-refractivity contribution in [2.45, 2.75) is 24.5 Å². The summed E-state index contributed by atoms with van der Waals surface area (Å²) in [6.45, 7) is 2.40. The van der Waals surface area contributed by atoms with Gasteiger partial charge in [0.25, 0.3) is 11.5 Å². The number of halogens is 2. The first-order valence-corrected chi connectivity index (χ1v) is 6.97. The Kier molecular flexibility index (Phi) is 5.16. The molecule has 5 heteroatoms. The van der Waals surface area contributed by atoms with Gasteiger partial charge in [-0.1, -0.05) is 41.9 Å². The van der Waals surface area contributed by atoms with Gasteiger partial charge in [0.15, 0.2) is 0 Å². The van der Waals surface area contributed by atoms with E-state index in [0.717, 1.165) is 18.7 Å². The predicted molar refractivity (Wildman–Crippen MR) is 73.7 cm³/mol. The number of nitrogens with zero attached hydrogens (tertiary/aromatic N) is 1. The monoisotopic (exact) mass is 284 g/mol. The second kappa shape index (κ2) is 6.87. The summed E-state index contributed by atoms with van der Waals surface area (Å²) >= 11 is 5.13. The molecule has 1 fully saturated rings. The lowest BCUT2D eigenvalue weighted by atomic mass is 10.1. The average Bonchev–Trinajstić information content (AvgIpc) is 2.94. The molecule has 1 aliphatic rings. The third-order valence-corrected chi connectivity index (χ3v) is 3.63. The van der Waals surface area contributed by atoms with Crippen molar-refractivity contribution in [3.63, 3.8) is 0 Å². The van der Waals surface area contributed by atoms with Crippen molar-refractivity contribution in [3.8, 4) is 0 Å². The SMILES string of the molecule is O=C(NCC(c1ccccc1)N1CCCC1)C(F)Cl. The fourth-order valence-corrected chi connectivity index (χ4v) is 2.54. The van der Waals surface area contributed by atoms with Gasteiger partial charge >= 0.3 is 0 Å². The molecule has 1 aromatic rings. The minimum absolute atomic E-state index is 0.0862. The molecule has 2 unspecified atom stereocenters. The number of nitrogens with one attached hydrogen (secondary N) is 1. The van der Waals surface area contributed by atoms with Gasteiger partial charge in [0.05, 0.1) is 6.04 Å². The number of alkyl halides is 2. The van der Waals surface area contributed by atoms with Crippen LogP contribution in [0.5, 0.6) is 0 Å². The molecule has 0 radical (unpaired) electrons. The molecule has 1 aromatic carbocycles. The first-order chi connectivity index (χ1) is 9.18. The summed E-state index contributed by atoms with van der Waals surface area (Å²) < 4.78 is 12.7. The number of hydrogen-bond donors (Lipinski definition) is 1. The van der Waals surface area contributed by atoms with Crippen LogP contribution in [0.2, 0.25) is 0 Å². The minimum atomic E-state index is -1.98. The van der Waals surface area contributed by atoms with Crippen molar-refractivity contribution >= 4 is 17.5 Å². The second-order valence-electron chi connectivity index (χ2n) is 4.72. The Morgan fingerprint density at radius 1 is 1.32 bits per heavy atom. The number of hydrogen-bond acceptors (Lipinski definition) is 2. The highest BCUT2D eigenvalue weighted by atomic mass is 35.5. The van der Waals surface area contributed by atoms with E-state index in [1.807, 2.05) is 30.3 Å². The van der Waals surface area contributed by atoms with Crippen LogP contribution >= 0.6 is 11.6 Å². The molecule has 1 saturated heterocycles. The third kappa shape index (κ3) is 3.91. The lowest BCUT2D eigenvalue weighted by molar-refractivity contribution is -0.123. The van der Waals surface area contributed by atoms with Crippen LogP contribution in [0, 0.1) is 0 Å². The average molecular weight is 285 g/mol. The van der Waals surface area contributed by atoms with Gasteiger partial charge in [-0.05, 0) is 31.5 Å². The molecule has 2 atom stereocenters. The number of rotatable bonds is 5. The molecule has 0 aliphatic carbocycles. The minimum Gasteiger partial charge on any atom is -0.351 e. The maximum Gasteiger partial charge on any atom is 0.270 e. The van der Waals surface area contributed by atoms with Gasteiger partial charge in [0.2, 0.25) is 0 Å². The van der Waals surface area contributed by atoms with Gasteiger partial charge < -0.3 is 5.32 Å². The van der Waals surface area contributed by atoms with Crippen LogP contribution in [0.3, 0.4) is 0 Å². The normalized spacial score (nSPS) is 19.1. The Morgan fingerprint density at radius 2 is 1.95 bits per heavy atom. The molecule has 0 bridgehead atoms. The van der Waals surface area contributed by atoms with E-state index in [1.165, 1.54) is 12.8 Å². The molecule has 104 valence electrons. The van der Waals surface area contributed by atoms with Crippen LogP contribution in [-0.4, -0.2) is 36.1 Å². The standard InChI is InChI=1S/C14H18ClFN2O/c15-13(16)14(19)17-10-12(18-8-4-5-9-18)11-6-2-1-3-7-11/h1-3,6-7,12-13H,4-5,8-10H2,(H,17,19). The van der Waals surface area contributed by atoms with E-state index in [-0.39, 0.29) is 6.04 Å². The van der Waals surface area contributed by atoms with E-state index in [0.29, 0.717) is 6.54 Å². The maximum atomic E-state index is 12.7. The van der Waals surface area contributed by atoms with Crippen LogP contribution in [0.25, 0.3) is 0 Å². The summed E-state index contributed by atoms with van der Waals surface area (Å²) in [7, 11) is 0. The molecular formula is C14H18ClFN2O. The number of carbonyl (C=O) groups excluding carboxylic acids is 1. The van der Waals surface area contributed by atoms with Crippen LogP contribution in [0.1, 0.15) is 24.4 Å². The van der Waals surface area contributed by atoms with Crippen LogP contribution in [0.4, 0.5) is 4.39 Å². The molecular weight excluding hydrogens is 267 g/mol. The quantitative estimate of drug-likeness (QED) is 0.843. The van der Waals surface area contributed by atoms with E-state index in [1.54, 1.807) is 0 Å². The topological polar surface area (TPSA) is 32.3 Å². The highest BCUT2D eigenvalue weighted by Gasteiger charge is 2.24. The molecule has 2 rings (SSSR count). The van der Waals surface area contributed by atoms with Crippen molar-refractivity contribution in [1.29, 1.82) is 0 Å². The van der Waals surface area contributed by atoms with Gasteiger partial charge in [0.1, 0.15) is 0 Å². The first-order valence-electron chi connectivity index (χ1n) is 6.53. The molecule has 19 heavy (non-hydrogen) atoms. The smallest absolute Gasteiger partial charge is 0.270 e. The van der Waals surface area contributed by atoms with Crippen molar-refractivity contribution < 1.29 is 9.18 Å². The lowest BCUT2D eigenvalue weighted by Gasteiger charge is -2.28. The number of amides is 1. The van der Waals surface area contributed by atoms with Crippen molar-refractivity contribution in [2.24, 2.45) is 0 Å². The largest absolute Gasteiger partial charge is 0.351 e. The Balaban J connectivity index is 2.04. The fraction of sp³-hybridized carbons (Fsp3) is 0.500. The molecule has 0 spiro atoms. The van der Waals surface area contributed by atoms with E-state index in [2.05, 4.69) is 10.2 Å². The summed E-state index contributed by atoms with van der Waals surface area (Å²) in [5, 5.41) is 2.57. The lowest BCUT2D eigenvalue weighted by Crippen LogP contribution is -2.38. The third-order valence-electron chi connectivity index (χ3n) is 3.43. The zero-order chi connectivity index (χ0) is 13.7. The molecule has 1 amide bonds. The van der Waals surface area contributed by atoms with Crippen molar-refractivity contribution in [1.82, 2.24) is 10.2 Å². The summed E-state index contributed by atoms with van der Waals surface area (Å²) in [4.78, 5) is 13.6. The van der Waals surface area contributed by atoms with E-state index < -0.39 is 11.5 Å². The zero-order valence-corrected chi connectivity index (χ0v) is 11.4. The number of carbonyl (C=O) groups is 1. The van der Waals surface area contributed by atoms with Crippen LogP contribution < -0.4 is 5.32 Å². The van der Waals surface area contributed by atoms with E-state index >= 15 is 0 Å². The Bertz CT molecular complexity index is 407. The van der Waals surface area contributed by atoms with Gasteiger partial charge in [0, 0.05) is 6.54 Å². The summed E-state index contributed by atoms with van der Waals surface area (Å²) in [6.07, 6.45) is 2.33. The maximum absolute atomic E-state index is 12.7. The highest BCUT2D eigenvalue weighted by molar-refractivity contribution is 6.29. The molecule has 1 N–H and O–H groups in total. The number of likely N-dealkylation sites (tertiary alicyclic amines) is 1. The van der Waals surface area contributed by atoms with Crippen LogP contribution in [-0.2, 0) is 4.79 Å². The predicted octanol–water partition coefficient (Wildman–Crippen LogP) is 2.47. The molecule has 1 aliphatic heterocycles. The van der Waals surface area contributed by atoms with Gasteiger partial charge in [-0.25, -0.2) is 4.39 Å². The summed E-state index contributed by atoms with van der Waals surface area (Å²) in [5.74, 6) is -0.762. The zero-order valence-electron chi connectivity index (χ0n) is 10.7. The molecule has 3 nitrogen and oxygen atoms in total. The molecule has 0 aromatic heterocycles. The van der Waals surface area contributed by atoms with Gasteiger partial charge in [-0.2, -0.15) is 0 Å². The summed E-state index contributed by atoms with van der Waals surface area (Å²) in [6, 6.07) is 10.0. The highest BCUT2D eigenvalue weighted by Crippen LogP contribution is 2.24. The van der Waals surface area contributed by atoms with Gasteiger partial charge in [-0.3, -0.25) is 9.69 Å². The Hall–Kier alpha value is -1.13. The van der Waals surface area contributed by atoms with Crippen molar-refractivity contribution in [2.75, 3.05) is 19.6 Å². The number of benzene rings is 1. The van der Waals surface area contributed by atoms with E-state index in [4.69, 9.17) is 11.6 Å². The van der Waals surface area contributed by atoms with Gasteiger partial charge in [-0.15, -0.1) is 0 Å². The molecule has 1 heterocycles. The van der Waals surface area contributed by atoms with E-state index in [9.17, 15) is 9.18 Å². The second-order valence-corrected chi connectivity index (χ2v) is 5.10. The molecule has 0 saturated carbocycles. The summed E-state index contributed by atoms with van der Waals surface area (Å²) in [5.41, 5.74) is -0.843. The first kappa shape index (κ1) is 14.3. The van der Waals surface area contributed by atoms with Crippen LogP contribution in [0.15, 0.2) is 30.3 Å². The Labute approximate surface area is 117 Å².